The van der Waals surface area contributed by atoms with Crippen LogP contribution in [-0.2, 0) is 13.2 Å². The van der Waals surface area contributed by atoms with Crippen molar-refractivity contribution >= 4 is 11.6 Å². The van der Waals surface area contributed by atoms with Gasteiger partial charge in [0.25, 0.3) is 0 Å². The van der Waals surface area contributed by atoms with Gasteiger partial charge in [0, 0.05) is 17.6 Å². The molecule has 2 aromatic rings. The molecule has 1 N–H and O–H groups in total. The largest absolute Gasteiger partial charge is 0.493 e. The van der Waals surface area contributed by atoms with Crippen molar-refractivity contribution in [2.45, 2.75) is 71.1 Å². The molecule has 0 amide bonds. The number of ether oxygens (including phenoxy) is 2. The lowest BCUT2D eigenvalue weighted by molar-refractivity contribution is -0.118. The van der Waals surface area contributed by atoms with Gasteiger partial charge in [0.05, 0.1) is 12.1 Å². The summed E-state index contributed by atoms with van der Waals surface area (Å²) in [6.07, 6.45) is 7.96. The Balaban J connectivity index is 1.31. The maximum absolute atomic E-state index is 14.0. The molecule has 0 aliphatic heterocycles. The molecule has 4 aliphatic carbocycles. The number of hydrogen-bond donors (Lipinski definition) is 1. The molecule has 0 spiro atoms. The second-order valence-corrected chi connectivity index (χ2v) is 11.7. The van der Waals surface area contributed by atoms with Gasteiger partial charge in [-0.05, 0) is 79.0 Å². The molecular formula is C27H33ClFNO2. The zero-order valence-corrected chi connectivity index (χ0v) is 20.0. The third-order valence-electron chi connectivity index (χ3n) is 7.91. The van der Waals surface area contributed by atoms with Crippen LogP contribution in [0.5, 0.6) is 11.5 Å². The Labute approximate surface area is 195 Å². The average Bonchev–Trinajstić information content (AvgIpc) is 2.69. The van der Waals surface area contributed by atoms with Crippen LogP contribution in [-0.4, -0.2) is 12.6 Å². The van der Waals surface area contributed by atoms with E-state index in [1.165, 1.54) is 44.6 Å². The molecule has 2 atom stereocenters. The standard InChI is InChI=1S/C27H33ClFNO2/c1-25-10-19-11-26(2,15-25)17-27(12-19,16-25)30-13-18-8-21(28)24(23(9-18)31-3)32-14-20-6-4-5-7-22(20)29/h4-9,19,30H,10-17H2,1-3H3. The summed E-state index contributed by atoms with van der Waals surface area (Å²) in [7, 11) is 1.61. The lowest BCUT2D eigenvalue weighted by Gasteiger charge is -2.65. The summed E-state index contributed by atoms with van der Waals surface area (Å²) in [5, 5.41) is 4.44. The molecule has 4 fully saturated rings. The third kappa shape index (κ3) is 4.12. The first-order chi connectivity index (χ1) is 15.2. The molecular weight excluding hydrogens is 425 g/mol. The smallest absolute Gasteiger partial charge is 0.180 e. The van der Waals surface area contributed by atoms with Crippen molar-refractivity contribution < 1.29 is 13.9 Å². The minimum Gasteiger partial charge on any atom is -0.493 e. The van der Waals surface area contributed by atoms with Gasteiger partial charge in [-0.3, -0.25) is 0 Å². The van der Waals surface area contributed by atoms with Crippen LogP contribution in [0.2, 0.25) is 5.02 Å². The van der Waals surface area contributed by atoms with Crippen molar-refractivity contribution in [2.24, 2.45) is 16.7 Å². The lowest BCUT2D eigenvalue weighted by Crippen LogP contribution is -2.63. The van der Waals surface area contributed by atoms with Gasteiger partial charge in [0.1, 0.15) is 12.4 Å². The van der Waals surface area contributed by atoms with E-state index in [1.807, 2.05) is 12.1 Å². The maximum atomic E-state index is 14.0. The van der Waals surface area contributed by atoms with Crippen molar-refractivity contribution in [1.82, 2.24) is 5.32 Å². The normalized spacial score (nSPS) is 32.8. The van der Waals surface area contributed by atoms with Crippen LogP contribution in [0.4, 0.5) is 4.39 Å². The molecule has 0 saturated heterocycles. The van der Waals surface area contributed by atoms with Crippen molar-refractivity contribution in [1.29, 1.82) is 0 Å². The number of benzene rings is 2. The molecule has 4 saturated carbocycles. The van der Waals surface area contributed by atoms with E-state index in [1.54, 1.807) is 25.3 Å². The minimum absolute atomic E-state index is 0.0992. The number of methoxy groups -OCH3 is 1. The Morgan fingerprint density at radius 2 is 1.78 bits per heavy atom. The fourth-order valence-corrected chi connectivity index (χ4v) is 8.00. The van der Waals surface area contributed by atoms with Crippen LogP contribution in [0.1, 0.15) is 63.5 Å². The summed E-state index contributed by atoms with van der Waals surface area (Å²) in [5.74, 6) is 1.59. The molecule has 0 aromatic heterocycles. The Morgan fingerprint density at radius 1 is 1.06 bits per heavy atom. The monoisotopic (exact) mass is 457 g/mol. The van der Waals surface area contributed by atoms with Crippen molar-refractivity contribution in [3.8, 4) is 11.5 Å². The third-order valence-corrected chi connectivity index (χ3v) is 8.19. The van der Waals surface area contributed by atoms with Gasteiger partial charge in [0.2, 0.25) is 0 Å². The molecule has 0 heterocycles. The number of rotatable bonds is 7. The Bertz CT molecular complexity index is 1010. The van der Waals surface area contributed by atoms with Gasteiger partial charge in [-0.2, -0.15) is 0 Å². The molecule has 172 valence electrons. The SMILES string of the molecule is COc1cc(CNC23CC4CC(C)(CC(C)(C4)C2)C3)cc(Cl)c1OCc1ccccc1F. The van der Waals surface area contributed by atoms with E-state index < -0.39 is 0 Å². The average molecular weight is 458 g/mol. The van der Waals surface area contributed by atoms with E-state index in [0.717, 1.165) is 18.0 Å². The summed E-state index contributed by atoms with van der Waals surface area (Å²) >= 11 is 6.59. The first-order valence-corrected chi connectivity index (χ1v) is 12.1. The fraction of sp³-hybridized carbons (Fsp3) is 0.556. The Kier molecular flexibility index (Phi) is 5.45. The van der Waals surface area contributed by atoms with E-state index in [9.17, 15) is 4.39 Å². The van der Waals surface area contributed by atoms with Gasteiger partial charge in [-0.25, -0.2) is 4.39 Å². The molecule has 2 aromatic carbocycles. The minimum atomic E-state index is -0.290. The quantitative estimate of drug-likeness (QED) is 0.490. The van der Waals surface area contributed by atoms with Crippen LogP contribution in [0.3, 0.4) is 0 Å². The van der Waals surface area contributed by atoms with E-state index in [-0.39, 0.29) is 18.0 Å². The molecule has 32 heavy (non-hydrogen) atoms. The first-order valence-electron chi connectivity index (χ1n) is 11.7. The summed E-state index contributed by atoms with van der Waals surface area (Å²) in [5.41, 5.74) is 2.74. The van der Waals surface area contributed by atoms with Crippen molar-refractivity contribution in [2.75, 3.05) is 7.11 Å². The van der Waals surface area contributed by atoms with Gasteiger partial charge >= 0.3 is 0 Å². The second-order valence-electron chi connectivity index (χ2n) is 11.3. The predicted octanol–water partition coefficient (Wildman–Crippen LogP) is 6.91. The van der Waals surface area contributed by atoms with Gasteiger partial charge < -0.3 is 14.8 Å². The number of hydrogen-bond acceptors (Lipinski definition) is 3. The lowest BCUT2D eigenvalue weighted by atomic mass is 9.43. The van der Waals surface area contributed by atoms with Gasteiger partial charge in [-0.1, -0.05) is 43.6 Å². The molecule has 0 radical (unpaired) electrons. The molecule has 2 unspecified atom stereocenters. The predicted molar refractivity (Wildman–Crippen MR) is 126 cm³/mol. The summed E-state index contributed by atoms with van der Waals surface area (Å²) in [4.78, 5) is 0. The highest BCUT2D eigenvalue weighted by Crippen LogP contribution is 2.66. The summed E-state index contributed by atoms with van der Waals surface area (Å²) in [6.45, 7) is 5.84. The Morgan fingerprint density at radius 3 is 2.44 bits per heavy atom. The fourth-order valence-electron chi connectivity index (χ4n) is 7.72. The van der Waals surface area contributed by atoms with E-state index in [2.05, 4.69) is 19.2 Å². The summed E-state index contributed by atoms with van der Waals surface area (Å²) in [6, 6.07) is 10.5. The van der Waals surface area contributed by atoms with Crippen LogP contribution in [0.25, 0.3) is 0 Å². The van der Waals surface area contributed by atoms with Crippen molar-refractivity contribution in [3.63, 3.8) is 0 Å². The highest BCUT2D eigenvalue weighted by atomic mass is 35.5. The Hall–Kier alpha value is -1.78. The van der Waals surface area contributed by atoms with Crippen molar-refractivity contribution in [3.05, 3.63) is 58.4 Å². The first kappa shape index (κ1) is 22.0. The zero-order chi connectivity index (χ0) is 22.6. The molecule has 3 nitrogen and oxygen atoms in total. The van der Waals surface area contributed by atoms with E-state index >= 15 is 0 Å². The highest BCUT2D eigenvalue weighted by molar-refractivity contribution is 6.32. The van der Waals surface area contributed by atoms with Crippen LogP contribution >= 0.6 is 11.6 Å². The van der Waals surface area contributed by atoms with Crippen LogP contribution in [0, 0.1) is 22.6 Å². The molecule has 6 rings (SSSR count). The van der Waals surface area contributed by atoms with Gasteiger partial charge in [0.15, 0.2) is 11.5 Å². The van der Waals surface area contributed by atoms with E-state index in [0.29, 0.717) is 32.9 Å². The number of nitrogens with one attached hydrogen (secondary N) is 1. The van der Waals surface area contributed by atoms with E-state index in [4.69, 9.17) is 21.1 Å². The molecule has 5 heteroatoms. The van der Waals surface area contributed by atoms with Crippen LogP contribution in [0.15, 0.2) is 36.4 Å². The zero-order valence-electron chi connectivity index (χ0n) is 19.3. The highest BCUT2D eigenvalue weighted by Gasteiger charge is 2.59. The molecule has 4 bridgehead atoms. The maximum Gasteiger partial charge on any atom is 0.180 e. The van der Waals surface area contributed by atoms with Gasteiger partial charge in [-0.15, -0.1) is 0 Å². The molecule has 4 aliphatic rings. The summed E-state index contributed by atoms with van der Waals surface area (Å²) < 4.78 is 25.4. The topological polar surface area (TPSA) is 30.5 Å². The van der Waals surface area contributed by atoms with Crippen LogP contribution < -0.4 is 14.8 Å². The number of halogens is 2. The second kappa shape index (κ2) is 7.92.